The van der Waals surface area contributed by atoms with Gasteiger partial charge in [-0.25, -0.2) is 9.78 Å². The SMILES string of the molecule is CCNC(=O)N1CCN(C(=O)c2ccc(SCC)nc2)CC1. The number of urea groups is 1. The Labute approximate surface area is 135 Å². The summed E-state index contributed by atoms with van der Waals surface area (Å²) in [7, 11) is 0. The van der Waals surface area contributed by atoms with Gasteiger partial charge in [-0.1, -0.05) is 6.92 Å². The van der Waals surface area contributed by atoms with Crippen LogP contribution in [0.4, 0.5) is 4.79 Å². The fourth-order valence-electron chi connectivity index (χ4n) is 2.30. The van der Waals surface area contributed by atoms with Gasteiger partial charge in [-0.2, -0.15) is 0 Å². The van der Waals surface area contributed by atoms with Crippen LogP contribution < -0.4 is 5.32 Å². The van der Waals surface area contributed by atoms with Gasteiger partial charge in [0.1, 0.15) is 0 Å². The van der Waals surface area contributed by atoms with Gasteiger partial charge in [0, 0.05) is 38.9 Å². The van der Waals surface area contributed by atoms with E-state index in [-0.39, 0.29) is 11.9 Å². The highest BCUT2D eigenvalue weighted by molar-refractivity contribution is 7.99. The molecule has 0 aliphatic carbocycles. The van der Waals surface area contributed by atoms with Crippen LogP contribution in [0.2, 0.25) is 0 Å². The van der Waals surface area contributed by atoms with E-state index in [1.165, 1.54) is 0 Å². The van der Waals surface area contributed by atoms with Crippen molar-refractivity contribution in [3.05, 3.63) is 23.9 Å². The standard InChI is InChI=1S/C15H22N4O2S/c1-3-16-15(21)19-9-7-18(8-10-19)14(20)12-5-6-13(17-11-12)22-4-2/h5-6,11H,3-4,7-10H2,1-2H3,(H,16,21). The Morgan fingerprint density at radius 2 is 1.86 bits per heavy atom. The second kappa shape index (κ2) is 8.03. The average molecular weight is 322 g/mol. The van der Waals surface area contributed by atoms with Crippen LogP contribution in [-0.4, -0.2) is 65.2 Å². The van der Waals surface area contributed by atoms with Crippen molar-refractivity contribution in [1.29, 1.82) is 0 Å². The van der Waals surface area contributed by atoms with Gasteiger partial charge in [0.25, 0.3) is 5.91 Å². The van der Waals surface area contributed by atoms with Crippen LogP contribution in [0, 0.1) is 0 Å². The van der Waals surface area contributed by atoms with E-state index >= 15 is 0 Å². The molecule has 6 nitrogen and oxygen atoms in total. The van der Waals surface area contributed by atoms with Gasteiger partial charge in [-0.3, -0.25) is 4.79 Å². The van der Waals surface area contributed by atoms with Crippen molar-refractivity contribution in [3.8, 4) is 0 Å². The first-order valence-electron chi connectivity index (χ1n) is 7.56. The van der Waals surface area contributed by atoms with E-state index in [1.807, 2.05) is 19.1 Å². The normalized spacial score (nSPS) is 14.8. The third-order valence-electron chi connectivity index (χ3n) is 3.46. The van der Waals surface area contributed by atoms with Crippen molar-refractivity contribution in [2.24, 2.45) is 0 Å². The van der Waals surface area contributed by atoms with Crippen LogP contribution in [0.5, 0.6) is 0 Å². The number of amides is 3. The molecule has 0 saturated carbocycles. The minimum atomic E-state index is -0.0581. The number of hydrogen-bond acceptors (Lipinski definition) is 4. The van der Waals surface area contributed by atoms with Gasteiger partial charge in [0.2, 0.25) is 0 Å². The predicted octanol–water partition coefficient (Wildman–Crippen LogP) is 1.68. The molecular weight excluding hydrogens is 300 g/mol. The Bertz CT molecular complexity index is 513. The van der Waals surface area contributed by atoms with Gasteiger partial charge in [-0.05, 0) is 24.8 Å². The van der Waals surface area contributed by atoms with Gasteiger partial charge in [0.15, 0.2) is 0 Å². The van der Waals surface area contributed by atoms with Gasteiger partial charge < -0.3 is 15.1 Å². The van der Waals surface area contributed by atoms with Crippen LogP contribution in [0.15, 0.2) is 23.4 Å². The number of carbonyl (C=O) groups is 2. The molecule has 1 aromatic rings. The van der Waals surface area contributed by atoms with Crippen molar-refractivity contribution in [2.45, 2.75) is 18.9 Å². The molecule has 2 heterocycles. The lowest BCUT2D eigenvalue weighted by Gasteiger charge is -2.34. The molecule has 1 saturated heterocycles. The maximum atomic E-state index is 12.4. The first-order chi connectivity index (χ1) is 10.7. The number of pyridine rings is 1. The number of carbonyl (C=O) groups excluding carboxylic acids is 2. The van der Waals surface area contributed by atoms with Crippen LogP contribution >= 0.6 is 11.8 Å². The highest BCUT2D eigenvalue weighted by atomic mass is 32.2. The molecule has 0 unspecified atom stereocenters. The second-order valence-electron chi connectivity index (χ2n) is 4.93. The van der Waals surface area contributed by atoms with Crippen molar-refractivity contribution < 1.29 is 9.59 Å². The van der Waals surface area contributed by atoms with Crippen molar-refractivity contribution in [1.82, 2.24) is 20.1 Å². The fraction of sp³-hybridized carbons (Fsp3) is 0.533. The van der Waals surface area contributed by atoms with E-state index < -0.39 is 0 Å². The number of hydrogen-bond donors (Lipinski definition) is 1. The molecule has 0 bridgehead atoms. The molecule has 1 aromatic heterocycles. The highest BCUT2D eigenvalue weighted by Gasteiger charge is 2.24. The van der Waals surface area contributed by atoms with Crippen molar-refractivity contribution in [3.63, 3.8) is 0 Å². The molecule has 7 heteroatoms. The third-order valence-corrected chi connectivity index (χ3v) is 4.28. The number of rotatable bonds is 4. The number of aromatic nitrogens is 1. The lowest BCUT2D eigenvalue weighted by Crippen LogP contribution is -2.53. The maximum absolute atomic E-state index is 12.4. The molecule has 0 radical (unpaired) electrons. The predicted molar refractivity (Wildman–Crippen MR) is 87.2 cm³/mol. The molecule has 0 spiro atoms. The summed E-state index contributed by atoms with van der Waals surface area (Å²) in [6, 6.07) is 3.65. The first kappa shape index (κ1) is 16.6. The minimum absolute atomic E-state index is 0.0175. The number of nitrogens with zero attached hydrogens (tertiary/aromatic N) is 3. The largest absolute Gasteiger partial charge is 0.338 e. The van der Waals surface area contributed by atoms with Gasteiger partial charge in [0.05, 0.1) is 10.6 Å². The van der Waals surface area contributed by atoms with Crippen LogP contribution in [0.25, 0.3) is 0 Å². The van der Waals surface area contributed by atoms with E-state index in [1.54, 1.807) is 27.8 Å². The Balaban J connectivity index is 1.90. The molecule has 22 heavy (non-hydrogen) atoms. The third kappa shape index (κ3) is 4.13. The zero-order chi connectivity index (χ0) is 15.9. The minimum Gasteiger partial charge on any atom is -0.338 e. The highest BCUT2D eigenvalue weighted by Crippen LogP contribution is 2.15. The van der Waals surface area contributed by atoms with Crippen molar-refractivity contribution in [2.75, 3.05) is 38.5 Å². The van der Waals surface area contributed by atoms with Gasteiger partial charge >= 0.3 is 6.03 Å². The molecule has 1 aliphatic heterocycles. The van der Waals surface area contributed by atoms with Crippen LogP contribution in [-0.2, 0) is 0 Å². The summed E-state index contributed by atoms with van der Waals surface area (Å²) in [6.45, 7) is 6.82. The summed E-state index contributed by atoms with van der Waals surface area (Å²) in [5.41, 5.74) is 0.604. The lowest BCUT2D eigenvalue weighted by atomic mass is 10.2. The van der Waals surface area contributed by atoms with E-state index in [4.69, 9.17) is 0 Å². The first-order valence-corrected chi connectivity index (χ1v) is 8.55. The topological polar surface area (TPSA) is 65.5 Å². The molecule has 0 atom stereocenters. The summed E-state index contributed by atoms with van der Waals surface area (Å²) < 4.78 is 0. The van der Waals surface area contributed by atoms with E-state index in [0.717, 1.165) is 10.8 Å². The fourth-order valence-corrected chi connectivity index (χ4v) is 2.89. The number of piperazine rings is 1. The van der Waals surface area contributed by atoms with Gasteiger partial charge in [-0.15, -0.1) is 11.8 Å². The lowest BCUT2D eigenvalue weighted by molar-refractivity contribution is 0.0665. The van der Waals surface area contributed by atoms with E-state index in [9.17, 15) is 9.59 Å². The molecular formula is C15H22N4O2S. The Morgan fingerprint density at radius 1 is 1.18 bits per heavy atom. The molecule has 2 rings (SSSR count). The zero-order valence-corrected chi connectivity index (χ0v) is 13.9. The Hall–Kier alpha value is -1.76. The monoisotopic (exact) mass is 322 g/mol. The Morgan fingerprint density at radius 3 is 2.41 bits per heavy atom. The number of nitrogens with one attached hydrogen (secondary N) is 1. The molecule has 0 aromatic carbocycles. The molecule has 120 valence electrons. The zero-order valence-electron chi connectivity index (χ0n) is 13.0. The summed E-state index contributed by atoms with van der Waals surface area (Å²) >= 11 is 1.65. The summed E-state index contributed by atoms with van der Waals surface area (Å²) in [5, 5.41) is 3.71. The summed E-state index contributed by atoms with van der Waals surface area (Å²) in [4.78, 5) is 32.0. The Kier molecular flexibility index (Phi) is 6.06. The average Bonchev–Trinajstić information content (AvgIpc) is 2.55. The maximum Gasteiger partial charge on any atom is 0.317 e. The number of thioether (sulfide) groups is 1. The van der Waals surface area contributed by atoms with Crippen molar-refractivity contribution >= 4 is 23.7 Å². The molecule has 1 aliphatic rings. The van der Waals surface area contributed by atoms with E-state index in [2.05, 4.69) is 17.2 Å². The van der Waals surface area contributed by atoms with E-state index in [0.29, 0.717) is 38.3 Å². The quantitative estimate of drug-likeness (QED) is 0.857. The molecule has 1 fully saturated rings. The molecule has 1 N–H and O–H groups in total. The summed E-state index contributed by atoms with van der Waals surface area (Å²) in [5.74, 6) is 0.943. The van der Waals surface area contributed by atoms with Crippen LogP contribution in [0.1, 0.15) is 24.2 Å². The second-order valence-corrected chi connectivity index (χ2v) is 6.22. The molecule has 3 amide bonds. The smallest absolute Gasteiger partial charge is 0.317 e. The van der Waals surface area contributed by atoms with Crippen LogP contribution in [0.3, 0.4) is 0 Å². The summed E-state index contributed by atoms with van der Waals surface area (Å²) in [6.07, 6.45) is 1.64.